The van der Waals surface area contributed by atoms with Crippen molar-refractivity contribution in [2.45, 2.75) is 29.8 Å². The number of hydrogen-bond acceptors (Lipinski definition) is 3. The van der Waals surface area contributed by atoms with Crippen LogP contribution in [0.1, 0.15) is 30.1 Å². The van der Waals surface area contributed by atoms with Crippen LogP contribution in [-0.2, 0) is 4.79 Å². The minimum atomic E-state index is -1.87. The summed E-state index contributed by atoms with van der Waals surface area (Å²) in [7, 11) is 0. The summed E-state index contributed by atoms with van der Waals surface area (Å²) in [5, 5.41) is 2.48. The Morgan fingerprint density at radius 3 is 2.57 bits per heavy atom. The number of halogens is 3. The fourth-order valence-electron chi connectivity index (χ4n) is 1.48. The minimum absolute atomic E-state index is 0.246. The molecule has 1 aromatic carbocycles. The van der Waals surface area contributed by atoms with E-state index in [2.05, 4.69) is 5.32 Å². The lowest BCUT2D eigenvalue weighted by molar-refractivity contribution is -0.123. The first-order valence-corrected chi connectivity index (χ1v) is 7.30. The summed E-state index contributed by atoms with van der Waals surface area (Å²) < 4.78 is 3.58. The van der Waals surface area contributed by atoms with Crippen LogP contribution in [0, 0.1) is 0 Å². The van der Waals surface area contributed by atoms with E-state index in [1.807, 2.05) is 6.92 Å². The van der Waals surface area contributed by atoms with Crippen molar-refractivity contribution in [3.05, 3.63) is 29.8 Å². The third kappa shape index (κ3) is 5.99. The van der Waals surface area contributed by atoms with Crippen molar-refractivity contribution >= 4 is 46.6 Å². The first-order valence-electron chi connectivity index (χ1n) is 6.16. The Kier molecular flexibility index (Phi) is 6.58. The Morgan fingerprint density at radius 1 is 1.38 bits per heavy atom. The lowest BCUT2D eigenvalue weighted by Gasteiger charge is -2.26. The molecule has 0 fully saturated rings. The Balaban J connectivity index is 2.89. The second kappa shape index (κ2) is 7.73. The van der Waals surface area contributed by atoms with Gasteiger partial charge in [0.05, 0.1) is 0 Å². The molecule has 0 aliphatic carbocycles. The maximum absolute atomic E-state index is 11.6. The number of alkyl halides is 3. The fourth-order valence-corrected chi connectivity index (χ4v) is 1.78. The van der Waals surface area contributed by atoms with Crippen LogP contribution in [0.5, 0.6) is 5.75 Å². The molecule has 0 heterocycles. The number of nitrogens with two attached hydrogens (primary N) is 1. The van der Waals surface area contributed by atoms with E-state index in [9.17, 15) is 9.59 Å². The van der Waals surface area contributed by atoms with Gasteiger partial charge in [0.25, 0.3) is 0 Å². The number of ether oxygens (including phenoxy) is 1. The smallest absolute Gasteiger partial charge is 0.248 e. The third-order valence-electron chi connectivity index (χ3n) is 2.44. The van der Waals surface area contributed by atoms with Crippen molar-refractivity contribution in [3.63, 3.8) is 0 Å². The molecule has 116 valence electrons. The van der Waals surface area contributed by atoms with Crippen molar-refractivity contribution in [2.24, 2.45) is 5.73 Å². The summed E-state index contributed by atoms with van der Waals surface area (Å²) in [6.07, 6.45) is -0.262. The quantitative estimate of drug-likeness (QED) is 0.609. The summed E-state index contributed by atoms with van der Waals surface area (Å²) in [5.41, 5.74) is 5.42. The monoisotopic (exact) mass is 352 g/mol. The van der Waals surface area contributed by atoms with Gasteiger partial charge in [0.15, 0.2) is 0 Å². The molecule has 2 amide bonds. The number of nitrogens with one attached hydrogen (secondary N) is 1. The van der Waals surface area contributed by atoms with E-state index in [0.717, 1.165) is 0 Å². The van der Waals surface area contributed by atoms with Crippen LogP contribution >= 0.6 is 34.8 Å². The van der Waals surface area contributed by atoms with Crippen LogP contribution in [0.2, 0.25) is 0 Å². The number of amides is 2. The van der Waals surface area contributed by atoms with Gasteiger partial charge < -0.3 is 15.8 Å². The predicted octanol–water partition coefficient (Wildman–Crippen LogP) is 2.78. The summed E-state index contributed by atoms with van der Waals surface area (Å²) >= 11 is 17.4. The summed E-state index contributed by atoms with van der Waals surface area (Å²) in [6.45, 7) is 1.85. The molecule has 1 rings (SSSR count). The lowest BCUT2D eigenvalue weighted by atomic mass is 10.2. The average molecular weight is 354 g/mol. The first-order chi connectivity index (χ1) is 9.74. The van der Waals surface area contributed by atoms with Crippen LogP contribution in [-0.4, -0.2) is 21.8 Å². The minimum Gasteiger partial charge on any atom is -0.466 e. The zero-order chi connectivity index (χ0) is 16.0. The molecule has 1 aromatic rings. The van der Waals surface area contributed by atoms with Gasteiger partial charge in [-0.15, -0.1) is 0 Å². The molecule has 0 saturated carbocycles. The second-order valence-electron chi connectivity index (χ2n) is 4.25. The highest BCUT2D eigenvalue weighted by molar-refractivity contribution is 6.68. The van der Waals surface area contributed by atoms with Gasteiger partial charge in [-0.25, -0.2) is 0 Å². The molecular weight excluding hydrogens is 339 g/mol. The molecule has 1 atom stereocenters. The third-order valence-corrected chi connectivity index (χ3v) is 3.03. The summed E-state index contributed by atoms with van der Waals surface area (Å²) in [5.74, 6) is -0.666. The highest BCUT2D eigenvalue weighted by Crippen LogP contribution is 2.32. The highest BCUT2D eigenvalue weighted by atomic mass is 35.6. The molecule has 0 spiro atoms. The van der Waals surface area contributed by atoms with Crippen LogP contribution < -0.4 is 15.8 Å². The molecule has 8 heteroatoms. The van der Waals surface area contributed by atoms with Crippen molar-refractivity contribution < 1.29 is 14.3 Å². The average Bonchev–Trinajstić information content (AvgIpc) is 2.37. The lowest BCUT2D eigenvalue weighted by Crippen LogP contribution is -2.47. The van der Waals surface area contributed by atoms with Gasteiger partial charge in [-0.05, 0) is 24.6 Å². The van der Waals surface area contributed by atoms with Crippen molar-refractivity contribution in [1.29, 1.82) is 0 Å². The molecule has 21 heavy (non-hydrogen) atoms. The van der Waals surface area contributed by atoms with Gasteiger partial charge in [-0.2, -0.15) is 0 Å². The Hall–Kier alpha value is -1.17. The van der Waals surface area contributed by atoms with Gasteiger partial charge >= 0.3 is 0 Å². The molecule has 0 saturated heterocycles. The van der Waals surface area contributed by atoms with Crippen LogP contribution in [0.15, 0.2) is 24.3 Å². The van der Waals surface area contributed by atoms with Gasteiger partial charge in [-0.3, -0.25) is 9.59 Å². The number of primary amides is 1. The standard InChI is InChI=1S/C13H15Cl3N2O3/c1-2-4-10(19)18-12(13(14,15)16)21-9-6-3-5-8(7-9)11(17)20/h3,5-7,12H,2,4H2,1H3,(H2,17,20)(H,18,19)/t12-/m1/s1. The van der Waals surface area contributed by atoms with Gasteiger partial charge in [-0.1, -0.05) is 47.8 Å². The first kappa shape index (κ1) is 17.9. The predicted molar refractivity (Wildman–Crippen MR) is 82.7 cm³/mol. The summed E-state index contributed by atoms with van der Waals surface area (Å²) in [6, 6.07) is 6.05. The van der Waals surface area contributed by atoms with E-state index in [-0.39, 0.29) is 23.6 Å². The molecule has 0 unspecified atom stereocenters. The number of benzene rings is 1. The van der Waals surface area contributed by atoms with E-state index < -0.39 is 15.9 Å². The molecule has 0 aliphatic heterocycles. The molecule has 0 aliphatic rings. The highest BCUT2D eigenvalue weighted by Gasteiger charge is 2.36. The normalized spacial score (nSPS) is 12.6. The topological polar surface area (TPSA) is 81.4 Å². The molecule has 3 N–H and O–H groups in total. The fraction of sp³-hybridized carbons (Fsp3) is 0.385. The number of rotatable bonds is 6. The zero-order valence-electron chi connectivity index (χ0n) is 11.2. The van der Waals surface area contributed by atoms with Crippen molar-refractivity contribution in [2.75, 3.05) is 0 Å². The van der Waals surface area contributed by atoms with Crippen molar-refractivity contribution in [1.82, 2.24) is 5.32 Å². The molecule has 0 bridgehead atoms. The van der Waals surface area contributed by atoms with Crippen molar-refractivity contribution in [3.8, 4) is 5.75 Å². The zero-order valence-corrected chi connectivity index (χ0v) is 13.5. The van der Waals surface area contributed by atoms with E-state index >= 15 is 0 Å². The van der Waals surface area contributed by atoms with E-state index in [0.29, 0.717) is 6.42 Å². The van der Waals surface area contributed by atoms with E-state index in [4.69, 9.17) is 45.3 Å². The molecule has 5 nitrogen and oxygen atoms in total. The Bertz CT molecular complexity index is 518. The SMILES string of the molecule is CCCC(=O)N[C@H](Oc1cccc(C(N)=O)c1)C(Cl)(Cl)Cl. The largest absolute Gasteiger partial charge is 0.466 e. The Labute approximate surface area is 137 Å². The molecular formula is C13H15Cl3N2O3. The second-order valence-corrected chi connectivity index (χ2v) is 6.62. The number of carbonyl (C=O) groups is 2. The number of hydrogen-bond donors (Lipinski definition) is 2. The molecule has 0 radical (unpaired) electrons. The van der Waals surface area contributed by atoms with Gasteiger partial charge in [0, 0.05) is 12.0 Å². The van der Waals surface area contributed by atoms with Crippen LogP contribution in [0.4, 0.5) is 0 Å². The van der Waals surface area contributed by atoms with Gasteiger partial charge in [0.2, 0.25) is 21.8 Å². The van der Waals surface area contributed by atoms with E-state index in [1.165, 1.54) is 12.1 Å². The maximum Gasteiger partial charge on any atom is 0.248 e. The maximum atomic E-state index is 11.6. The summed E-state index contributed by atoms with van der Waals surface area (Å²) in [4.78, 5) is 22.7. The molecule has 0 aromatic heterocycles. The van der Waals surface area contributed by atoms with Gasteiger partial charge in [0.1, 0.15) is 5.75 Å². The number of carbonyl (C=O) groups excluding carboxylic acids is 2. The van der Waals surface area contributed by atoms with Crippen LogP contribution in [0.3, 0.4) is 0 Å². The van der Waals surface area contributed by atoms with E-state index in [1.54, 1.807) is 12.1 Å². The van der Waals surface area contributed by atoms with Crippen LogP contribution in [0.25, 0.3) is 0 Å². The Morgan fingerprint density at radius 2 is 2.05 bits per heavy atom.